The molecule has 0 saturated carbocycles. The minimum absolute atomic E-state index is 0.250. The van der Waals surface area contributed by atoms with E-state index in [1.807, 2.05) is 63.2 Å². The van der Waals surface area contributed by atoms with Crippen LogP contribution in [-0.4, -0.2) is 22.1 Å². The third-order valence-corrected chi connectivity index (χ3v) is 11.3. The molecule has 27 heavy (non-hydrogen) atoms. The van der Waals surface area contributed by atoms with E-state index in [-0.39, 0.29) is 4.90 Å². The number of hydrogen-bond acceptors (Lipinski definition) is 2. The van der Waals surface area contributed by atoms with Crippen LogP contribution in [0.3, 0.4) is 0 Å². The van der Waals surface area contributed by atoms with Gasteiger partial charge in [0, 0.05) is 0 Å². The summed E-state index contributed by atoms with van der Waals surface area (Å²) in [4.78, 5) is 0.250. The predicted molar refractivity (Wildman–Crippen MR) is 113 cm³/mol. The molecule has 0 spiro atoms. The van der Waals surface area contributed by atoms with Crippen molar-refractivity contribution in [3.8, 4) is 0 Å². The Kier molecular flexibility index (Phi) is 5.75. The Morgan fingerprint density at radius 1 is 0.741 bits per heavy atom. The Balaban J connectivity index is 2.26. The van der Waals surface area contributed by atoms with E-state index in [1.165, 1.54) is 5.56 Å². The molecule has 1 atom stereocenters. The summed E-state index contributed by atoms with van der Waals surface area (Å²) in [5.41, 5.74) is 4.40. The SMILES string of the molecule is Cc1ccc(S(=O)(=O)/N=[Se](\c2ccccc2)c2c(C)cc(C)cc2C)cc1. The Morgan fingerprint density at radius 2 is 1.30 bits per heavy atom. The van der Waals surface area contributed by atoms with Crippen molar-refractivity contribution in [1.29, 1.82) is 0 Å². The molecule has 0 fully saturated rings. The molecule has 0 aromatic heterocycles. The van der Waals surface area contributed by atoms with E-state index in [0.717, 1.165) is 25.6 Å². The predicted octanol–water partition coefficient (Wildman–Crippen LogP) is 3.68. The number of sulfonamides is 1. The van der Waals surface area contributed by atoms with Gasteiger partial charge in [-0.25, -0.2) is 0 Å². The number of benzene rings is 3. The molecule has 0 aliphatic rings. The standard InChI is InChI=1S/C22H23NO2SSe/c1-16-10-12-20(13-11-16)26(24,25)23-27(21-8-6-5-7-9-21)22-18(3)14-17(2)15-19(22)4/h5-15H,1-4H3. The van der Waals surface area contributed by atoms with Crippen LogP contribution in [0, 0.1) is 27.7 Å². The van der Waals surface area contributed by atoms with Gasteiger partial charge in [0.1, 0.15) is 0 Å². The molecule has 0 radical (unpaired) electrons. The molecular weight excluding hydrogens is 421 g/mol. The second kappa shape index (κ2) is 7.89. The van der Waals surface area contributed by atoms with Crippen molar-refractivity contribution in [2.24, 2.45) is 3.37 Å². The van der Waals surface area contributed by atoms with E-state index in [4.69, 9.17) is 0 Å². The minimum atomic E-state index is -3.74. The van der Waals surface area contributed by atoms with E-state index in [9.17, 15) is 8.42 Å². The molecule has 0 aliphatic carbocycles. The number of hydrogen-bond donors (Lipinski definition) is 0. The summed E-state index contributed by atoms with van der Waals surface area (Å²) in [7, 11) is -3.74. The van der Waals surface area contributed by atoms with Gasteiger partial charge in [-0.1, -0.05) is 0 Å². The van der Waals surface area contributed by atoms with Crippen LogP contribution in [0.1, 0.15) is 22.3 Å². The first-order chi connectivity index (χ1) is 12.8. The molecular formula is C22H23NO2SSe. The van der Waals surface area contributed by atoms with Crippen LogP contribution in [0.2, 0.25) is 0 Å². The molecule has 0 saturated heterocycles. The third-order valence-electron chi connectivity index (χ3n) is 4.26. The van der Waals surface area contributed by atoms with Crippen LogP contribution < -0.4 is 8.92 Å². The monoisotopic (exact) mass is 445 g/mol. The first kappa shape index (κ1) is 19.7. The van der Waals surface area contributed by atoms with Crippen LogP contribution in [0.15, 0.2) is 75.0 Å². The van der Waals surface area contributed by atoms with Crippen molar-refractivity contribution in [3.63, 3.8) is 0 Å². The Bertz CT molecular complexity index is 1080. The van der Waals surface area contributed by atoms with Gasteiger partial charge in [0.2, 0.25) is 0 Å². The molecule has 140 valence electrons. The first-order valence-corrected chi connectivity index (χ1v) is 12.6. The molecule has 0 amide bonds. The molecule has 3 aromatic carbocycles. The van der Waals surface area contributed by atoms with Gasteiger partial charge in [0.25, 0.3) is 0 Å². The maximum absolute atomic E-state index is 13.1. The number of rotatable bonds is 4. The number of aryl methyl sites for hydroxylation is 4. The summed E-state index contributed by atoms with van der Waals surface area (Å²) in [5.74, 6) is 0. The molecule has 0 aliphatic heterocycles. The van der Waals surface area contributed by atoms with Crippen LogP contribution in [-0.2, 0) is 10.0 Å². The summed E-state index contributed by atoms with van der Waals surface area (Å²) in [5, 5.41) is 0. The van der Waals surface area contributed by atoms with Gasteiger partial charge in [-0.3, -0.25) is 0 Å². The van der Waals surface area contributed by atoms with Crippen LogP contribution in [0.5, 0.6) is 0 Å². The normalized spacial score (nSPS) is 12.9. The van der Waals surface area contributed by atoms with Crippen molar-refractivity contribution < 1.29 is 8.42 Å². The van der Waals surface area contributed by atoms with Crippen molar-refractivity contribution in [1.82, 2.24) is 0 Å². The van der Waals surface area contributed by atoms with Gasteiger partial charge in [-0.2, -0.15) is 0 Å². The van der Waals surface area contributed by atoms with Gasteiger partial charge in [-0.15, -0.1) is 0 Å². The first-order valence-electron chi connectivity index (χ1n) is 8.70. The van der Waals surface area contributed by atoms with E-state index in [1.54, 1.807) is 12.1 Å². The van der Waals surface area contributed by atoms with Crippen molar-refractivity contribution >= 4 is 32.7 Å². The molecule has 3 nitrogen and oxygen atoms in total. The summed E-state index contributed by atoms with van der Waals surface area (Å²) in [6, 6.07) is 20.9. The van der Waals surface area contributed by atoms with Crippen molar-refractivity contribution in [2.75, 3.05) is 0 Å². The quantitative estimate of drug-likeness (QED) is 0.577. The van der Waals surface area contributed by atoms with Crippen LogP contribution >= 0.6 is 0 Å². The fourth-order valence-corrected chi connectivity index (χ4v) is 9.67. The molecule has 0 bridgehead atoms. The zero-order valence-corrected chi connectivity index (χ0v) is 18.5. The fraction of sp³-hybridized carbons (Fsp3) is 0.182. The van der Waals surface area contributed by atoms with Crippen molar-refractivity contribution in [3.05, 3.63) is 89.0 Å². The number of nitrogens with zero attached hydrogens (tertiary/aromatic N) is 1. The van der Waals surface area contributed by atoms with Crippen LogP contribution in [0.25, 0.3) is 0 Å². The van der Waals surface area contributed by atoms with E-state index in [0.29, 0.717) is 0 Å². The summed E-state index contributed by atoms with van der Waals surface area (Å²) < 4.78 is 32.7. The zero-order chi connectivity index (χ0) is 19.6. The zero-order valence-electron chi connectivity index (χ0n) is 15.9. The van der Waals surface area contributed by atoms with Gasteiger partial charge in [0.15, 0.2) is 0 Å². The average Bonchev–Trinajstić information content (AvgIpc) is 2.61. The van der Waals surface area contributed by atoms with Gasteiger partial charge in [-0.05, 0) is 0 Å². The van der Waals surface area contributed by atoms with E-state index < -0.39 is 23.7 Å². The van der Waals surface area contributed by atoms with Gasteiger partial charge < -0.3 is 0 Å². The van der Waals surface area contributed by atoms with Crippen molar-refractivity contribution in [2.45, 2.75) is 32.6 Å². The maximum atomic E-state index is 13.1. The average molecular weight is 444 g/mol. The third kappa shape index (κ3) is 4.44. The molecule has 3 rings (SSSR count). The Hall–Kier alpha value is -2.07. The molecule has 0 heterocycles. The molecule has 3 aromatic rings. The molecule has 1 unspecified atom stereocenters. The Morgan fingerprint density at radius 3 is 1.85 bits per heavy atom. The summed E-state index contributed by atoms with van der Waals surface area (Å²) >= 11 is -2.14. The summed E-state index contributed by atoms with van der Waals surface area (Å²) in [6.07, 6.45) is 0. The molecule has 5 heteroatoms. The Labute approximate surface area is 165 Å². The topological polar surface area (TPSA) is 46.5 Å². The second-order valence-corrected chi connectivity index (χ2v) is 12.2. The van der Waals surface area contributed by atoms with Crippen LogP contribution in [0.4, 0.5) is 0 Å². The summed E-state index contributed by atoms with van der Waals surface area (Å²) in [6.45, 7) is 8.08. The second-order valence-electron chi connectivity index (χ2n) is 6.69. The van der Waals surface area contributed by atoms with Gasteiger partial charge in [0.05, 0.1) is 0 Å². The fourth-order valence-electron chi connectivity index (χ4n) is 3.07. The van der Waals surface area contributed by atoms with E-state index in [2.05, 4.69) is 22.4 Å². The molecule has 0 N–H and O–H groups in total. The van der Waals surface area contributed by atoms with E-state index >= 15 is 0 Å². The van der Waals surface area contributed by atoms with Gasteiger partial charge >= 0.3 is 166 Å².